The molecule has 3 rings (SSSR count). The number of hydrogen-bond acceptors (Lipinski definition) is 3. The first-order valence-corrected chi connectivity index (χ1v) is 7.78. The van der Waals surface area contributed by atoms with E-state index >= 15 is 0 Å². The van der Waals surface area contributed by atoms with Crippen LogP contribution in [-0.4, -0.2) is 38.3 Å². The van der Waals surface area contributed by atoms with Crippen molar-refractivity contribution < 1.29 is 18.7 Å². The topological polar surface area (TPSA) is 58.4 Å². The van der Waals surface area contributed by atoms with Gasteiger partial charge in [-0.1, -0.05) is 0 Å². The van der Waals surface area contributed by atoms with Gasteiger partial charge in [0.2, 0.25) is 5.91 Å². The largest absolute Gasteiger partial charge is 0.391 e. The van der Waals surface area contributed by atoms with Gasteiger partial charge < -0.3 is 10.0 Å². The maximum Gasteiger partial charge on any atom is 0.244 e. The van der Waals surface area contributed by atoms with Crippen LogP contribution < -0.4 is 0 Å². The average Bonchev–Trinajstić information content (AvgIpc) is 3.04. The summed E-state index contributed by atoms with van der Waals surface area (Å²) < 4.78 is 29.1. The summed E-state index contributed by atoms with van der Waals surface area (Å²) >= 11 is 0. The van der Waals surface area contributed by atoms with Gasteiger partial charge >= 0.3 is 0 Å². The zero-order valence-electron chi connectivity index (χ0n) is 13.5. The molecule has 0 spiro atoms. The molecule has 2 atom stereocenters. The molecule has 1 saturated heterocycles. The van der Waals surface area contributed by atoms with Crippen LogP contribution >= 0.6 is 0 Å². The third-order valence-electron chi connectivity index (χ3n) is 4.30. The highest BCUT2D eigenvalue weighted by molar-refractivity contribution is 5.77. The second-order valence-corrected chi connectivity index (χ2v) is 6.20. The summed E-state index contributed by atoms with van der Waals surface area (Å²) in [6.07, 6.45) is -0.578. The van der Waals surface area contributed by atoms with E-state index in [0.29, 0.717) is 0 Å². The lowest BCUT2D eigenvalue weighted by Gasteiger charge is -2.25. The van der Waals surface area contributed by atoms with E-state index in [4.69, 9.17) is 0 Å². The van der Waals surface area contributed by atoms with Gasteiger partial charge in [-0.2, -0.15) is 5.10 Å². The Hall–Kier alpha value is -2.28. The van der Waals surface area contributed by atoms with E-state index in [9.17, 15) is 18.7 Å². The highest BCUT2D eigenvalue weighted by atomic mass is 19.1. The summed E-state index contributed by atoms with van der Waals surface area (Å²) in [5, 5.41) is 14.2. The van der Waals surface area contributed by atoms with Gasteiger partial charge in [0.15, 0.2) is 0 Å². The predicted molar refractivity (Wildman–Crippen MR) is 83.1 cm³/mol. The van der Waals surface area contributed by atoms with Crippen LogP contribution in [0.2, 0.25) is 0 Å². The predicted octanol–water partition coefficient (Wildman–Crippen LogP) is 2.11. The van der Waals surface area contributed by atoms with Gasteiger partial charge in [-0.15, -0.1) is 0 Å². The number of hydrogen-bond donors (Lipinski definition) is 1. The number of carbonyl (C=O) groups is 1. The lowest BCUT2D eigenvalue weighted by Crippen LogP contribution is -2.35. The molecule has 0 unspecified atom stereocenters. The normalized spacial score (nSPS) is 20.6. The Morgan fingerprint density at radius 1 is 1.33 bits per heavy atom. The van der Waals surface area contributed by atoms with Crippen LogP contribution in [0.25, 0.3) is 0 Å². The Labute approximate surface area is 138 Å². The van der Waals surface area contributed by atoms with E-state index in [0.717, 1.165) is 29.6 Å². The van der Waals surface area contributed by atoms with Crippen LogP contribution in [0.3, 0.4) is 0 Å². The summed E-state index contributed by atoms with van der Waals surface area (Å²) in [6.45, 7) is 3.77. The van der Waals surface area contributed by atoms with Crippen LogP contribution in [0.5, 0.6) is 0 Å². The lowest BCUT2D eigenvalue weighted by atomic mass is 10.0. The van der Waals surface area contributed by atoms with E-state index in [-0.39, 0.29) is 31.0 Å². The lowest BCUT2D eigenvalue weighted by molar-refractivity contribution is -0.133. The third-order valence-corrected chi connectivity index (χ3v) is 4.30. The summed E-state index contributed by atoms with van der Waals surface area (Å²) in [6, 6.07) is 4.34. The molecule has 128 valence electrons. The van der Waals surface area contributed by atoms with Crippen molar-refractivity contribution in [2.45, 2.75) is 39.0 Å². The molecule has 0 aliphatic carbocycles. The van der Waals surface area contributed by atoms with Gasteiger partial charge in [-0.3, -0.25) is 9.48 Å². The molecule has 1 aliphatic rings. The number of aromatic nitrogens is 2. The summed E-state index contributed by atoms with van der Waals surface area (Å²) in [4.78, 5) is 14.0. The minimum Gasteiger partial charge on any atom is -0.391 e. The van der Waals surface area contributed by atoms with Crippen molar-refractivity contribution in [2.24, 2.45) is 0 Å². The molecule has 0 saturated carbocycles. The number of nitrogens with zero attached hydrogens (tertiary/aromatic N) is 3. The van der Waals surface area contributed by atoms with Crippen molar-refractivity contribution >= 4 is 5.91 Å². The fourth-order valence-corrected chi connectivity index (χ4v) is 3.21. The van der Waals surface area contributed by atoms with Gasteiger partial charge in [0, 0.05) is 17.8 Å². The number of carbonyl (C=O) groups excluding carboxylic acids is 1. The molecule has 1 amide bonds. The molecule has 1 fully saturated rings. The molecule has 2 aromatic rings. The van der Waals surface area contributed by atoms with E-state index in [1.165, 1.54) is 4.90 Å². The van der Waals surface area contributed by atoms with Gasteiger partial charge in [0.05, 0.1) is 17.8 Å². The monoisotopic (exact) mass is 335 g/mol. The van der Waals surface area contributed by atoms with Crippen molar-refractivity contribution in [3.8, 4) is 0 Å². The average molecular weight is 335 g/mol. The summed E-state index contributed by atoms with van der Waals surface area (Å²) in [7, 11) is 0. The third kappa shape index (κ3) is 3.17. The van der Waals surface area contributed by atoms with Crippen LogP contribution in [0.1, 0.15) is 29.4 Å². The zero-order valence-corrected chi connectivity index (χ0v) is 13.5. The van der Waals surface area contributed by atoms with Crippen LogP contribution in [0.15, 0.2) is 24.3 Å². The molecular weight excluding hydrogens is 316 g/mol. The van der Waals surface area contributed by atoms with Gasteiger partial charge in [-0.05, 0) is 44.5 Å². The van der Waals surface area contributed by atoms with Crippen molar-refractivity contribution in [2.75, 3.05) is 6.54 Å². The molecule has 0 radical (unpaired) electrons. The molecular formula is C17H19F2N3O2. The second kappa shape index (κ2) is 6.32. The Kier molecular flexibility index (Phi) is 4.36. The number of aliphatic hydroxyl groups is 1. The summed E-state index contributed by atoms with van der Waals surface area (Å²) in [5.41, 5.74) is 1.73. The Balaban J connectivity index is 1.86. The number of aliphatic hydroxyl groups excluding tert-OH is 1. The van der Waals surface area contributed by atoms with Gasteiger partial charge in [0.25, 0.3) is 0 Å². The van der Waals surface area contributed by atoms with Gasteiger partial charge in [0.1, 0.15) is 18.2 Å². The first-order chi connectivity index (χ1) is 11.3. The first-order valence-electron chi connectivity index (χ1n) is 7.78. The van der Waals surface area contributed by atoms with E-state index in [1.807, 2.05) is 19.9 Å². The van der Waals surface area contributed by atoms with Crippen molar-refractivity contribution in [1.82, 2.24) is 14.7 Å². The molecule has 1 N–H and O–H groups in total. The Bertz CT molecular complexity index is 775. The van der Waals surface area contributed by atoms with E-state index in [2.05, 4.69) is 5.10 Å². The second-order valence-electron chi connectivity index (χ2n) is 6.20. The smallest absolute Gasteiger partial charge is 0.244 e. The number of rotatable bonds is 3. The standard InChI is InChI=1S/C17H19F2N3O2/c1-10-5-11(2)22(20-10)9-17(24)21-8-13(23)7-16(21)14-6-12(18)3-4-15(14)19/h3-6,13,16,23H,7-9H2,1-2H3/t13-,16-/m1/s1. The number of aryl methyl sites for hydroxylation is 2. The number of halogens is 2. The van der Waals surface area contributed by atoms with Crippen molar-refractivity contribution in [1.29, 1.82) is 0 Å². The first kappa shape index (κ1) is 16.6. The van der Waals surface area contributed by atoms with Crippen molar-refractivity contribution in [3.63, 3.8) is 0 Å². The number of β-amino-alcohol motifs (C(OH)–C–C–N with tert-alkyl or cyclic N) is 1. The Morgan fingerprint density at radius 3 is 2.75 bits per heavy atom. The maximum absolute atomic E-state index is 14.1. The summed E-state index contributed by atoms with van der Waals surface area (Å²) in [5.74, 6) is -1.44. The minimum absolute atomic E-state index is 0.000171. The fourth-order valence-electron chi connectivity index (χ4n) is 3.21. The molecule has 1 aromatic heterocycles. The van der Waals surface area contributed by atoms with Crippen LogP contribution in [0.4, 0.5) is 8.78 Å². The highest BCUT2D eigenvalue weighted by Gasteiger charge is 2.37. The molecule has 1 aliphatic heterocycles. The fraction of sp³-hybridized carbons (Fsp3) is 0.412. The maximum atomic E-state index is 14.1. The number of likely N-dealkylation sites (tertiary alicyclic amines) is 1. The molecule has 2 heterocycles. The quantitative estimate of drug-likeness (QED) is 0.935. The molecule has 24 heavy (non-hydrogen) atoms. The van der Waals surface area contributed by atoms with E-state index in [1.54, 1.807) is 4.68 Å². The number of amides is 1. The van der Waals surface area contributed by atoms with E-state index < -0.39 is 23.8 Å². The SMILES string of the molecule is Cc1cc(C)n(CC(=O)N2C[C@H](O)C[C@@H]2c2cc(F)ccc2F)n1. The molecule has 1 aromatic carbocycles. The zero-order chi connectivity index (χ0) is 17.4. The molecule has 7 heteroatoms. The highest BCUT2D eigenvalue weighted by Crippen LogP contribution is 2.34. The number of benzene rings is 1. The van der Waals surface area contributed by atoms with Crippen LogP contribution in [-0.2, 0) is 11.3 Å². The molecule has 0 bridgehead atoms. The van der Waals surface area contributed by atoms with Crippen molar-refractivity contribution in [3.05, 3.63) is 52.9 Å². The van der Waals surface area contributed by atoms with Gasteiger partial charge in [-0.25, -0.2) is 8.78 Å². The molecule has 5 nitrogen and oxygen atoms in total. The van der Waals surface area contributed by atoms with Crippen LogP contribution in [0, 0.1) is 25.5 Å². The minimum atomic E-state index is -0.762. The Morgan fingerprint density at radius 2 is 2.08 bits per heavy atom.